The van der Waals surface area contributed by atoms with Crippen LogP contribution < -0.4 is 5.32 Å². The molecule has 0 saturated carbocycles. The molecule has 2 saturated heterocycles. The fourth-order valence-electron chi connectivity index (χ4n) is 4.49. The lowest BCUT2D eigenvalue weighted by Crippen LogP contribution is -2.38. The first-order valence-electron chi connectivity index (χ1n) is 11.6. The van der Waals surface area contributed by atoms with Gasteiger partial charge in [0.25, 0.3) is 5.91 Å². The van der Waals surface area contributed by atoms with E-state index in [1.165, 1.54) is 28.8 Å². The molecular weight excluding hydrogens is 422 g/mol. The van der Waals surface area contributed by atoms with Crippen LogP contribution in [-0.4, -0.2) is 49.7 Å². The van der Waals surface area contributed by atoms with Gasteiger partial charge in [-0.05, 0) is 74.0 Å². The van der Waals surface area contributed by atoms with Gasteiger partial charge in [-0.25, -0.2) is 8.42 Å². The maximum absolute atomic E-state index is 13.0. The first-order valence-corrected chi connectivity index (χ1v) is 13.0. The minimum absolute atomic E-state index is 0.187. The zero-order chi connectivity index (χ0) is 22.6. The van der Waals surface area contributed by atoms with Crippen molar-refractivity contribution >= 4 is 15.9 Å². The summed E-state index contributed by atoms with van der Waals surface area (Å²) in [6.45, 7) is 6.87. The predicted octanol–water partition coefficient (Wildman–Crippen LogP) is 3.63. The van der Waals surface area contributed by atoms with Crippen molar-refractivity contribution in [3.63, 3.8) is 0 Å². The van der Waals surface area contributed by atoms with E-state index in [-0.39, 0.29) is 10.8 Å². The number of piperidine rings is 1. The zero-order valence-electron chi connectivity index (χ0n) is 18.8. The third-order valence-electron chi connectivity index (χ3n) is 6.53. The Hall–Kier alpha value is -2.22. The van der Waals surface area contributed by atoms with Gasteiger partial charge >= 0.3 is 0 Å². The molecule has 1 amide bonds. The summed E-state index contributed by atoms with van der Waals surface area (Å²) in [5.74, 6) is 0.284. The number of hydrogen-bond donors (Lipinski definition) is 1. The van der Waals surface area contributed by atoms with Crippen LogP contribution in [0.1, 0.15) is 54.1 Å². The van der Waals surface area contributed by atoms with E-state index >= 15 is 0 Å². The molecular formula is C25H33N3O3S. The number of carbonyl (C=O) groups is 1. The largest absolute Gasteiger partial charge is 0.348 e. The standard InChI is InChI=1S/C25H33N3O3S/c1-20-10-14-28(15-11-20)32(30,31)24-9-5-8-23(17-24)25(29)26-18-21-6-4-7-22(16-21)19-27-12-2-3-13-27/h4-9,16-17,20H,2-3,10-15,18-19H2,1H3,(H,26,29). The summed E-state index contributed by atoms with van der Waals surface area (Å²) in [5.41, 5.74) is 2.66. The Kier molecular flexibility index (Phi) is 7.28. The molecule has 2 aromatic rings. The Morgan fingerprint density at radius 1 is 0.969 bits per heavy atom. The average Bonchev–Trinajstić information content (AvgIpc) is 3.31. The van der Waals surface area contributed by atoms with Crippen molar-refractivity contribution in [1.29, 1.82) is 0 Å². The van der Waals surface area contributed by atoms with Crippen molar-refractivity contribution in [3.8, 4) is 0 Å². The highest BCUT2D eigenvalue weighted by molar-refractivity contribution is 7.89. The highest BCUT2D eigenvalue weighted by atomic mass is 32.2. The van der Waals surface area contributed by atoms with Gasteiger partial charge < -0.3 is 5.32 Å². The molecule has 4 rings (SSSR count). The van der Waals surface area contributed by atoms with Gasteiger partial charge in [0, 0.05) is 31.7 Å². The molecule has 7 heteroatoms. The highest BCUT2D eigenvalue weighted by Gasteiger charge is 2.28. The first kappa shape index (κ1) is 23.0. The van der Waals surface area contributed by atoms with Crippen molar-refractivity contribution < 1.29 is 13.2 Å². The Labute approximate surface area is 191 Å². The van der Waals surface area contributed by atoms with Crippen LogP contribution in [0, 0.1) is 5.92 Å². The van der Waals surface area contributed by atoms with Crippen LogP contribution >= 0.6 is 0 Å². The molecule has 172 valence electrons. The number of hydrogen-bond acceptors (Lipinski definition) is 4. The minimum Gasteiger partial charge on any atom is -0.348 e. The van der Waals surface area contributed by atoms with Crippen LogP contribution in [-0.2, 0) is 23.1 Å². The van der Waals surface area contributed by atoms with Gasteiger partial charge in [-0.1, -0.05) is 37.3 Å². The number of nitrogens with zero attached hydrogens (tertiary/aromatic N) is 2. The molecule has 0 aliphatic carbocycles. The fraction of sp³-hybridized carbons (Fsp3) is 0.480. The SMILES string of the molecule is CC1CCN(S(=O)(=O)c2cccc(C(=O)NCc3cccc(CN4CCCC4)c3)c2)CC1. The fourth-order valence-corrected chi connectivity index (χ4v) is 6.01. The normalized spacial score (nSPS) is 18.7. The maximum atomic E-state index is 13.0. The van der Waals surface area contributed by atoms with Gasteiger partial charge in [0.1, 0.15) is 0 Å². The van der Waals surface area contributed by atoms with Gasteiger partial charge in [0.05, 0.1) is 4.90 Å². The van der Waals surface area contributed by atoms with Gasteiger partial charge in [-0.2, -0.15) is 4.31 Å². The summed E-state index contributed by atoms with van der Waals surface area (Å²) in [7, 11) is -3.58. The number of carbonyl (C=O) groups excluding carboxylic acids is 1. The molecule has 0 atom stereocenters. The molecule has 2 heterocycles. The van der Waals surface area contributed by atoms with Gasteiger partial charge in [-0.15, -0.1) is 0 Å². The second kappa shape index (κ2) is 10.1. The molecule has 2 fully saturated rings. The molecule has 2 aromatic carbocycles. The van der Waals surface area contributed by atoms with Gasteiger partial charge in [0.2, 0.25) is 10.0 Å². The number of rotatable bonds is 7. The van der Waals surface area contributed by atoms with Crippen LogP contribution in [0.2, 0.25) is 0 Å². The monoisotopic (exact) mass is 455 g/mol. The van der Waals surface area contributed by atoms with Crippen molar-refractivity contribution in [3.05, 3.63) is 65.2 Å². The molecule has 0 bridgehead atoms. The molecule has 32 heavy (non-hydrogen) atoms. The van der Waals surface area contributed by atoms with Crippen LogP contribution in [0.25, 0.3) is 0 Å². The third kappa shape index (κ3) is 5.57. The minimum atomic E-state index is -3.58. The first-order chi connectivity index (χ1) is 15.4. The predicted molar refractivity (Wildman–Crippen MR) is 126 cm³/mol. The molecule has 1 N–H and O–H groups in total. The molecule has 0 radical (unpaired) electrons. The number of benzene rings is 2. The van der Waals surface area contributed by atoms with E-state index in [1.807, 2.05) is 12.1 Å². The van der Waals surface area contributed by atoms with E-state index in [9.17, 15) is 13.2 Å². The molecule has 6 nitrogen and oxygen atoms in total. The van der Waals surface area contributed by atoms with Crippen LogP contribution in [0.3, 0.4) is 0 Å². The van der Waals surface area contributed by atoms with E-state index < -0.39 is 10.0 Å². The molecule has 2 aliphatic heterocycles. The van der Waals surface area contributed by atoms with E-state index in [1.54, 1.807) is 18.2 Å². The van der Waals surface area contributed by atoms with E-state index in [0.717, 1.165) is 38.0 Å². The Bertz CT molecular complexity index is 1040. The number of likely N-dealkylation sites (tertiary alicyclic amines) is 1. The van der Waals surface area contributed by atoms with Crippen molar-refractivity contribution in [2.75, 3.05) is 26.2 Å². The average molecular weight is 456 g/mol. The lowest BCUT2D eigenvalue weighted by atomic mass is 10.0. The van der Waals surface area contributed by atoms with Crippen molar-refractivity contribution in [1.82, 2.24) is 14.5 Å². The zero-order valence-corrected chi connectivity index (χ0v) is 19.6. The Morgan fingerprint density at radius 2 is 1.66 bits per heavy atom. The second-order valence-corrected chi connectivity index (χ2v) is 11.0. The summed E-state index contributed by atoms with van der Waals surface area (Å²) >= 11 is 0. The number of amides is 1. The van der Waals surface area contributed by atoms with E-state index in [4.69, 9.17) is 0 Å². The number of nitrogens with one attached hydrogen (secondary N) is 1. The summed E-state index contributed by atoms with van der Waals surface area (Å²) in [5, 5.41) is 2.94. The summed E-state index contributed by atoms with van der Waals surface area (Å²) < 4.78 is 27.6. The van der Waals surface area contributed by atoms with Gasteiger partial charge in [-0.3, -0.25) is 9.69 Å². The van der Waals surface area contributed by atoms with Crippen LogP contribution in [0.4, 0.5) is 0 Å². The van der Waals surface area contributed by atoms with Gasteiger partial charge in [0.15, 0.2) is 0 Å². The van der Waals surface area contributed by atoms with Crippen LogP contribution in [0.15, 0.2) is 53.4 Å². The summed E-state index contributed by atoms with van der Waals surface area (Å²) in [4.78, 5) is 15.4. The summed E-state index contributed by atoms with van der Waals surface area (Å²) in [6, 6.07) is 14.7. The van der Waals surface area contributed by atoms with Crippen LogP contribution in [0.5, 0.6) is 0 Å². The topological polar surface area (TPSA) is 69.7 Å². The van der Waals surface area contributed by atoms with Crippen molar-refractivity contribution in [2.24, 2.45) is 5.92 Å². The lowest BCUT2D eigenvalue weighted by Gasteiger charge is -2.29. The Balaban J connectivity index is 1.39. The van der Waals surface area contributed by atoms with Crippen molar-refractivity contribution in [2.45, 2.75) is 50.6 Å². The highest BCUT2D eigenvalue weighted by Crippen LogP contribution is 2.24. The molecule has 2 aliphatic rings. The molecule has 0 spiro atoms. The molecule has 0 aromatic heterocycles. The second-order valence-electron chi connectivity index (χ2n) is 9.10. The molecule has 0 unspecified atom stereocenters. The lowest BCUT2D eigenvalue weighted by molar-refractivity contribution is 0.0950. The smallest absolute Gasteiger partial charge is 0.251 e. The quantitative estimate of drug-likeness (QED) is 0.692. The maximum Gasteiger partial charge on any atom is 0.251 e. The van der Waals surface area contributed by atoms with E-state index in [2.05, 4.69) is 29.3 Å². The van der Waals surface area contributed by atoms with E-state index in [0.29, 0.717) is 31.1 Å². The summed E-state index contributed by atoms with van der Waals surface area (Å²) in [6.07, 6.45) is 4.27. The number of sulfonamides is 1. The third-order valence-corrected chi connectivity index (χ3v) is 8.42. The Morgan fingerprint density at radius 3 is 2.41 bits per heavy atom.